The lowest BCUT2D eigenvalue weighted by molar-refractivity contribution is 0.0499. The average molecular weight is 226 g/mol. The lowest BCUT2D eigenvalue weighted by Gasteiger charge is -2.36. The summed E-state index contributed by atoms with van der Waals surface area (Å²) in [7, 11) is 0. The van der Waals surface area contributed by atoms with Crippen molar-refractivity contribution in [3.05, 3.63) is 0 Å². The van der Waals surface area contributed by atoms with Crippen LogP contribution in [0.2, 0.25) is 0 Å². The smallest absolute Gasteiger partial charge is 0.0702 e. The van der Waals surface area contributed by atoms with Crippen molar-refractivity contribution in [2.45, 2.75) is 63.6 Å². The van der Waals surface area contributed by atoms with Crippen LogP contribution in [0, 0.1) is 0 Å². The van der Waals surface area contributed by atoms with Crippen molar-refractivity contribution in [1.29, 1.82) is 0 Å². The van der Waals surface area contributed by atoms with Gasteiger partial charge in [-0.25, -0.2) is 0 Å². The van der Waals surface area contributed by atoms with Crippen LogP contribution in [0.3, 0.4) is 0 Å². The SMILES string of the molecule is CCN(CC1CCCO1)C1CCC(N)CC1. The van der Waals surface area contributed by atoms with Gasteiger partial charge in [0.2, 0.25) is 0 Å². The Morgan fingerprint density at radius 3 is 2.50 bits per heavy atom. The minimum absolute atomic E-state index is 0.456. The second kappa shape index (κ2) is 5.99. The summed E-state index contributed by atoms with van der Waals surface area (Å²) in [6.07, 6.45) is 7.96. The van der Waals surface area contributed by atoms with Crippen molar-refractivity contribution in [2.24, 2.45) is 5.73 Å². The molecule has 1 saturated heterocycles. The first-order valence-electron chi connectivity index (χ1n) is 6.90. The molecule has 0 bridgehead atoms. The molecule has 2 fully saturated rings. The summed E-state index contributed by atoms with van der Waals surface area (Å²) in [6.45, 7) is 5.53. The molecule has 2 rings (SSSR count). The van der Waals surface area contributed by atoms with Gasteiger partial charge in [0.05, 0.1) is 6.10 Å². The molecule has 0 aromatic carbocycles. The van der Waals surface area contributed by atoms with Crippen molar-refractivity contribution >= 4 is 0 Å². The molecule has 0 amide bonds. The number of likely N-dealkylation sites (N-methyl/N-ethyl adjacent to an activating group) is 1. The first kappa shape index (κ1) is 12.3. The molecule has 3 nitrogen and oxygen atoms in total. The number of rotatable bonds is 4. The molecule has 0 aromatic heterocycles. The summed E-state index contributed by atoms with van der Waals surface area (Å²) >= 11 is 0. The van der Waals surface area contributed by atoms with Crippen LogP contribution in [-0.2, 0) is 4.74 Å². The molecular weight excluding hydrogens is 200 g/mol. The van der Waals surface area contributed by atoms with E-state index < -0.39 is 0 Å². The van der Waals surface area contributed by atoms with Crippen LogP contribution in [0.5, 0.6) is 0 Å². The highest BCUT2D eigenvalue weighted by atomic mass is 16.5. The van der Waals surface area contributed by atoms with Gasteiger partial charge in [-0.2, -0.15) is 0 Å². The van der Waals surface area contributed by atoms with Gasteiger partial charge in [0.15, 0.2) is 0 Å². The lowest BCUT2D eigenvalue weighted by atomic mass is 9.90. The number of nitrogens with two attached hydrogens (primary N) is 1. The normalized spacial score (nSPS) is 35.8. The zero-order valence-corrected chi connectivity index (χ0v) is 10.5. The molecule has 1 aliphatic carbocycles. The number of hydrogen-bond acceptors (Lipinski definition) is 3. The van der Waals surface area contributed by atoms with E-state index in [1.807, 2.05) is 0 Å². The van der Waals surface area contributed by atoms with Crippen LogP contribution in [0.15, 0.2) is 0 Å². The Balaban J connectivity index is 1.79. The van der Waals surface area contributed by atoms with Crippen LogP contribution in [0.25, 0.3) is 0 Å². The fourth-order valence-corrected chi connectivity index (χ4v) is 3.05. The molecule has 1 aliphatic heterocycles. The summed E-state index contributed by atoms with van der Waals surface area (Å²) in [6, 6.07) is 1.21. The molecule has 1 unspecified atom stereocenters. The first-order valence-corrected chi connectivity index (χ1v) is 6.90. The highest BCUT2D eigenvalue weighted by Crippen LogP contribution is 2.23. The summed E-state index contributed by atoms with van der Waals surface area (Å²) in [4.78, 5) is 2.61. The molecule has 16 heavy (non-hydrogen) atoms. The Kier molecular flexibility index (Phi) is 4.62. The number of ether oxygens (including phenoxy) is 1. The van der Waals surface area contributed by atoms with E-state index in [9.17, 15) is 0 Å². The van der Waals surface area contributed by atoms with Gasteiger partial charge in [-0.1, -0.05) is 6.92 Å². The molecule has 1 atom stereocenters. The van der Waals surface area contributed by atoms with Gasteiger partial charge in [0, 0.05) is 25.2 Å². The van der Waals surface area contributed by atoms with Crippen molar-refractivity contribution in [1.82, 2.24) is 4.90 Å². The Bertz CT molecular complexity index is 196. The van der Waals surface area contributed by atoms with E-state index in [0.717, 1.165) is 25.7 Å². The van der Waals surface area contributed by atoms with Crippen LogP contribution in [-0.4, -0.2) is 42.8 Å². The molecule has 1 heterocycles. The monoisotopic (exact) mass is 226 g/mol. The Morgan fingerprint density at radius 2 is 1.94 bits per heavy atom. The van der Waals surface area contributed by atoms with Gasteiger partial charge in [-0.05, 0) is 45.1 Å². The molecule has 1 saturated carbocycles. The topological polar surface area (TPSA) is 38.5 Å². The van der Waals surface area contributed by atoms with Gasteiger partial charge in [-0.3, -0.25) is 4.90 Å². The summed E-state index contributed by atoms with van der Waals surface area (Å²) < 4.78 is 5.73. The predicted octanol–water partition coefficient (Wildman–Crippen LogP) is 1.76. The minimum atomic E-state index is 0.456. The Hall–Kier alpha value is -0.120. The standard InChI is InChI=1S/C13H26N2O/c1-2-15(10-13-4-3-9-16-13)12-7-5-11(14)6-8-12/h11-13H,2-10,14H2,1H3. The van der Waals surface area contributed by atoms with Crippen LogP contribution < -0.4 is 5.73 Å². The van der Waals surface area contributed by atoms with E-state index >= 15 is 0 Å². The van der Waals surface area contributed by atoms with E-state index in [2.05, 4.69) is 11.8 Å². The van der Waals surface area contributed by atoms with Crippen LogP contribution in [0.1, 0.15) is 45.4 Å². The van der Waals surface area contributed by atoms with Gasteiger partial charge in [0.25, 0.3) is 0 Å². The third-order valence-corrected chi connectivity index (χ3v) is 4.13. The molecule has 0 spiro atoms. The maximum absolute atomic E-state index is 5.96. The number of nitrogens with zero attached hydrogens (tertiary/aromatic N) is 1. The van der Waals surface area contributed by atoms with Crippen LogP contribution in [0.4, 0.5) is 0 Å². The maximum atomic E-state index is 5.96. The van der Waals surface area contributed by atoms with Crippen molar-refractivity contribution in [2.75, 3.05) is 19.7 Å². The van der Waals surface area contributed by atoms with E-state index in [4.69, 9.17) is 10.5 Å². The van der Waals surface area contributed by atoms with Crippen molar-refractivity contribution in [3.8, 4) is 0 Å². The lowest BCUT2D eigenvalue weighted by Crippen LogP contribution is -2.44. The average Bonchev–Trinajstić information content (AvgIpc) is 2.80. The van der Waals surface area contributed by atoms with E-state index in [1.165, 1.54) is 38.5 Å². The molecule has 0 aromatic rings. The summed E-state index contributed by atoms with van der Waals surface area (Å²) in [5.74, 6) is 0. The highest BCUT2D eigenvalue weighted by molar-refractivity contribution is 4.82. The van der Waals surface area contributed by atoms with E-state index in [0.29, 0.717) is 12.1 Å². The first-order chi connectivity index (χ1) is 7.79. The second-order valence-corrected chi connectivity index (χ2v) is 5.29. The summed E-state index contributed by atoms with van der Waals surface area (Å²) in [5, 5.41) is 0. The Labute approximate surface area is 99.3 Å². The van der Waals surface area contributed by atoms with Gasteiger partial charge >= 0.3 is 0 Å². The van der Waals surface area contributed by atoms with Gasteiger partial charge in [0.1, 0.15) is 0 Å². The predicted molar refractivity (Wildman–Crippen MR) is 66.5 cm³/mol. The quantitative estimate of drug-likeness (QED) is 0.794. The second-order valence-electron chi connectivity index (χ2n) is 5.29. The Morgan fingerprint density at radius 1 is 1.19 bits per heavy atom. The number of hydrogen-bond donors (Lipinski definition) is 1. The zero-order valence-electron chi connectivity index (χ0n) is 10.5. The highest BCUT2D eigenvalue weighted by Gasteiger charge is 2.26. The van der Waals surface area contributed by atoms with Gasteiger partial charge < -0.3 is 10.5 Å². The minimum Gasteiger partial charge on any atom is -0.377 e. The molecular formula is C13H26N2O. The van der Waals surface area contributed by atoms with E-state index in [-0.39, 0.29) is 0 Å². The largest absolute Gasteiger partial charge is 0.377 e. The van der Waals surface area contributed by atoms with Gasteiger partial charge in [-0.15, -0.1) is 0 Å². The molecule has 94 valence electrons. The molecule has 0 radical (unpaired) electrons. The molecule has 3 heteroatoms. The third kappa shape index (κ3) is 3.19. The van der Waals surface area contributed by atoms with E-state index in [1.54, 1.807) is 0 Å². The maximum Gasteiger partial charge on any atom is 0.0702 e. The molecule has 2 aliphatic rings. The van der Waals surface area contributed by atoms with Crippen LogP contribution >= 0.6 is 0 Å². The molecule has 2 N–H and O–H groups in total. The van der Waals surface area contributed by atoms with Crippen molar-refractivity contribution < 1.29 is 4.74 Å². The zero-order chi connectivity index (χ0) is 11.4. The fraction of sp³-hybridized carbons (Fsp3) is 1.00. The fourth-order valence-electron chi connectivity index (χ4n) is 3.05. The third-order valence-electron chi connectivity index (χ3n) is 4.13. The summed E-state index contributed by atoms with van der Waals surface area (Å²) in [5.41, 5.74) is 5.96. The van der Waals surface area contributed by atoms with Crippen molar-refractivity contribution in [3.63, 3.8) is 0 Å².